The molecule has 10 heteroatoms. The number of halogens is 5. The van der Waals surface area contributed by atoms with Gasteiger partial charge in [-0.25, -0.2) is 17.6 Å². The largest absolute Gasteiger partial charge is 0.454 e. The molecule has 0 radical (unpaired) electrons. The molecule has 2 aromatic heterocycles. The van der Waals surface area contributed by atoms with Gasteiger partial charge in [0.15, 0.2) is 5.76 Å². The molecule has 4 aliphatic rings. The number of hydrogen-bond donors (Lipinski definition) is 1. The molecule has 1 amide bonds. The molecule has 4 bridgehead atoms. The molecule has 0 aromatic carbocycles. The van der Waals surface area contributed by atoms with Crippen LogP contribution in [0.4, 0.5) is 17.6 Å². The van der Waals surface area contributed by atoms with Crippen molar-refractivity contribution in [3.05, 3.63) is 40.1 Å². The SMILES string of the molecule is O=C(NCC12CC3CC(CC(C3)C1)C2)c1ccc(Cn2nc(C(F)F)c(Cl)c2C(F)F)o1. The minimum absolute atomic E-state index is 0.0515. The summed E-state index contributed by atoms with van der Waals surface area (Å²) < 4.78 is 58.9. The van der Waals surface area contributed by atoms with E-state index in [0.29, 0.717) is 11.2 Å². The lowest BCUT2D eigenvalue weighted by Gasteiger charge is -2.56. The van der Waals surface area contributed by atoms with Gasteiger partial charge >= 0.3 is 0 Å². The van der Waals surface area contributed by atoms with Crippen LogP contribution in [-0.2, 0) is 6.54 Å². The number of alkyl halides is 4. The van der Waals surface area contributed by atoms with Crippen LogP contribution in [-0.4, -0.2) is 22.2 Å². The van der Waals surface area contributed by atoms with Gasteiger partial charge in [0.1, 0.15) is 17.1 Å². The van der Waals surface area contributed by atoms with Crippen molar-refractivity contribution in [2.45, 2.75) is 57.9 Å². The molecule has 6 rings (SSSR count). The maximum absolute atomic E-state index is 13.3. The maximum atomic E-state index is 13.3. The van der Waals surface area contributed by atoms with Crippen molar-refractivity contribution in [2.75, 3.05) is 6.54 Å². The normalized spacial score (nSPS) is 28.8. The number of rotatable bonds is 7. The summed E-state index contributed by atoms with van der Waals surface area (Å²) in [5.41, 5.74) is -1.53. The molecule has 1 N–H and O–H groups in total. The molecule has 2 heterocycles. The summed E-state index contributed by atoms with van der Waals surface area (Å²) >= 11 is 5.67. The topological polar surface area (TPSA) is 60.1 Å². The highest BCUT2D eigenvalue weighted by atomic mass is 35.5. The van der Waals surface area contributed by atoms with Gasteiger partial charge in [-0.15, -0.1) is 0 Å². The highest BCUT2D eigenvalue weighted by Gasteiger charge is 2.50. The molecule has 0 aliphatic heterocycles. The van der Waals surface area contributed by atoms with Gasteiger partial charge in [0.25, 0.3) is 18.8 Å². The number of hydrogen-bond acceptors (Lipinski definition) is 3. The maximum Gasteiger partial charge on any atom is 0.287 e. The summed E-state index contributed by atoms with van der Waals surface area (Å²) in [6.07, 6.45) is 1.27. The molecular weight excluding hydrogens is 450 g/mol. The van der Waals surface area contributed by atoms with E-state index in [9.17, 15) is 22.4 Å². The van der Waals surface area contributed by atoms with Crippen LogP contribution in [0.15, 0.2) is 16.5 Å². The Morgan fingerprint density at radius 3 is 2.31 bits per heavy atom. The van der Waals surface area contributed by atoms with Gasteiger partial charge in [-0.05, 0) is 73.8 Å². The van der Waals surface area contributed by atoms with Crippen LogP contribution in [0.2, 0.25) is 5.02 Å². The summed E-state index contributed by atoms with van der Waals surface area (Å²) in [5, 5.41) is 5.76. The summed E-state index contributed by atoms with van der Waals surface area (Å²) in [6, 6.07) is 2.90. The number of nitrogens with zero attached hydrogens (tertiary/aromatic N) is 2. The van der Waals surface area contributed by atoms with Crippen LogP contribution < -0.4 is 5.32 Å². The van der Waals surface area contributed by atoms with Gasteiger partial charge < -0.3 is 9.73 Å². The average molecular weight is 474 g/mol. The zero-order valence-electron chi connectivity index (χ0n) is 17.3. The standard InChI is InChI=1S/C22H24ClF4N3O2/c23-16-17(19(24)25)29-30(18(16)20(26)27)9-14-1-2-15(32-14)21(31)28-10-22-6-11-3-12(7-22)5-13(4-11)8-22/h1-2,11-13,19-20H,3-10H2,(H,28,31). The summed E-state index contributed by atoms with van der Waals surface area (Å²) in [6.45, 7) is 0.266. The number of aromatic nitrogens is 2. The second-order valence-electron chi connectivity index (χ2n) is 9.71. The Morgan fingerprint density at radius 1 is 1.12 bits per heavy atom. The lowest BCUT2D eigenvalue weighted by molar-refractivity contribution is -0.0504. The summed E-state index contributed by atoms with van der Waals surface area (Å²) in [5.74, 6) is 2.15. The molecule has 2 aromatic rings. The van der Waals surface area contributed by atoms with Crippen LogP contribution >= 0.6 is 11.6 Å². The first-order valence-electron chi connectivity index (χ1n) is 10.9. The van der Waals surface area contributed by atoms with Crippen molar-refractivity contribution in [3.8, 4) is 0 Å². The third kappa shape index (κ3) is 3.93. The highest BCUT2D eigenvalue weighted by Crippen LogP contribution is 2.59. The van der Waals surface area contributed by atoms with E-state index in [-0.39, 0.29) is 29.4 Å². The zero-order valence-corrected chi connectivity index (χ0v) is 18.1. The van der Waals surface area contributed by atoms with Crippen molar-refractivity contribution in [3.63, 3.8) is 0 Å². The van der Waals surface area contributed by atoms with E-state index in [1.54, 1.807) is 0 Å². The Morgan fingerprint density at radius 2 is 1.75 bits per heavy atom. The van der Waals surface area contributed by atoms with Crippen molar-refractivity contribution in [2.24, 2.45) is 23.2 Å². The molecule has 32 heavy (non-hydrogen) atoms. The summed E-state index contributed by atoms with van der Waals surface area (Å²) in [7, 11) is 0. The van der Waals surface area contributed by atoms with Crippen LogP contribution in [0.3, 0.4) is 0 Å². The second kappa shape index (κ2) is 8.08. The molecular formula is C22H24ClF4N3O2. The molecule has 0 saturated heterocycles. The van der Waals surface area contributed by atoms with Gasteiger partial charge in [-0.3, -0.25) is 9.48 Å². The van der Waals surface area contributed by atoms with Crippen molar-refractivity contribution >= 4 is 17.5 Å². The van der Waals surface area contributed by atoms with Crippen molar-refractivity contribution < 1.29 is 26.8 Å². The fraction of sp³-hybridized carbons (Fsp3) is 0.636. The molecule has 0 spiro atoms. The van der Waals surface area contributed by atoms with Crippen LogP contribution in [0.5, 0.6) is 0 Å². The number of carbonyl (C=O) groups excluding carboxylic acids is 1. The Kier molecular flexibility index (Phi) is 5.50. The van der Waals surface area contributed by atoms with Crippen molar-refractivity contribution in [1.82, 2.24) is 15.1 Å². The Balaban J connectivity index is 1.25. The van der Waals surface area contributed by atoms with E-state index in [0.717, 1.165) is 37.0 Å². The van der Waals surface area contributed by atoms with Gasteiger partial charge in [-0.1, -0.05) is 11.6 Å². The Labute approximate surface area is 187 Å². The highest BCUT2D eigenvalue weighted by molar-refractivity contribution is 6.32. The van der Waals surface area contributed by atoms with E-state index in [1.807, 2.05) is 0 Å². The lowest BCUT2D eigenvalue weighted by atomic mass is 9.49. The zero-order chi connectivity index (χ0) is 22.6. The molecule has 5 nitrogen and oxygen atoms in total. The minimum Gasteiger partial charge on any atom is -0.454 e. The van der Waals surface area contributed by atoms with Gasteiger partial charge in [0, 0.05) is 6.54 Å². The molecule has 4 aliphatic carbocycles. The molecule has 4 fully saturated rings. The van der Waals surface area contributed by atoms with E-state index >= 15 is 0 Å². The minimum atomic E-state index is -3.08. The average Bonchev–Trinajstić information content (AvgIpc) is 3.30. The fourth-order valence-electron chi connectivity index (χ4n) is 6.53. The predicted octanol–water partition coefficient (Wildman–Crippen LogP) is 6.00. The lowest BCUT2D eigenvalue weighted by Crippen LogP contribution is -2.51. The van der Waals surface area contributed by atoms with E-state index < -0.39 is 29.3 Å². The second-order valence-corrected chi connectivity index (χ2v) is 10.1. The van der Waals surface area contributed by atoms with Crippen LogP contribution in [0, 0.1) is 23.2 Å². The third-order valence-electron chi connectivity index (χ3n) is 7.35. The first-order chi connectivity index (χ1) is 15.2. The number of amides is 1. The first-order valence-corrected chi connectivity index (χ1v) is 11.3. The number of nitrogens with one attached hydrogen (secondary N) is 1. The quantitative estimate of drug-likeness (QED) is 0.502. The smallest absolute Gasteiger partial charge is 0.287 e. The molecule has 4 saturated carbocycles. The van der Waals surface area contributed by atoms with E-state index in [1.165, 1.54) is 31.4 Å². The van der Waals surface area contributed by atoms with Crippen LogP contribution in [0.1, 0.15) is 79.1 Å². The third-order valence-corrected chi connectivity index (χ3v) is 7.74. The molecule has 174 valence electrons. The van der Waals surface area contributed by atoms with E-state index in [4.69, 9.17) is 16.0 Å². The first kappa shape index (κ1) is 21.8. The van der Waals surface area contributed by atoms with Gasteiger partial charge in [0.2, 0.25) is 0 Å². The van der Waals surface area contributed by atoms with Gasteiger partial charge in [-0.2, -0.15) is 5.10 Å². The van der Waals surface area contributed by atoms with Crippen molar-refractivity contribution in [1.29, 1.82) is 0 Å². The van der Waals surface area contributed by atoms with E-state index in [2.05, 4.69) is 10.4 Å². The Bertz CT molecular complexity index is 984. The Hall–Kier alpha value is -2.03. The van der Waals surface area contributed by atoms with Gasteiger partial charge in [0.05, 0.1) is 11.6 Å². The number of furan rings is 1. The van der Waals surface area contributed by atoms with Crippen LogP contribution in [0.25, 0.3) is 0 Å². The fourth-order valence-corrected chi connectivity index (χ4v) is 6.83. The monoisotopic (exact) mass is 473 g/mol. The predicted molar refractivity (Wildman–Crippen MR) is 108 cm³/mol. The molecule has 0 atom stereocenters. The number of carbonyl (C=O) groups is 1. The summed E-state index contributed by atoms with van der Waals surface area (Å²) in [4.78, 5) is 12.7. The molecule has 0 unspecified atom stereocenters.